The van der Waals surface area contributed by atoms with Crippen LogP contribution in [0.4, 0.5) is 0 Å². The molecule has 0 saturated carbocycles. The number of carbonyl (C=O) groups is 3. The van der Waals surface area contributed by atoms with Crippen LogP contribution in [0.25, 0.3) is 0 Å². The van der Waals surface area contributed by atoms with E-state index in [0.29, 0.717) is 0 Å². The van der Waals surface area contributed by atoms with Gasteiger partial charge < -0.3 is 24.1 Å². The molecule has 0 aromatic heterocycles. The van der Waals surface area contributed by atoms with E-state index in [1.807, 2.05) is 13.8 Å². The highest BCUT2D eigenvalue weighted by molar-refractivity contribution is 6.35. The van der Waals surface area contributed by atoms with Gasteiger partial charge in [-0.2, -0.15) is 0 Å². The second-order valence-corrected chi connectivity index (χ2v) is 8.77. The van der Waals surface area contributed by atoms with Crippen molar-refractivity contribution < 1.29 is 38.4 Å². The summed E-state index contributed by atoms with van der Waals surface area (Å²) in [6, 6.07) is 1.47. The van der Waals surface area contributed by atoms with Gasteiger partial charge in [-0.05, 0) is 5.92 Å². The number of rotatable bonds is 6. The van der Waals surface area contributed by atoms with Gasteiger partial charge in [-0.1, -0.05) is 32.4 Å². The van der Waals surface area contributed by atoms with Crippen LogP contribution < -0.4 is 14.2 Å². The van der Waals surface area contributed by atoms with Crippen LogP contribution >= 0.6 is 11.6 Å². The Bertz CT molecular complexity index is 1010. The Hall–Kier alpha value is -2.74. The van der Waals surface area contributed by atoms with E-state index in [1.165, 1.54) is 27.4 Å². The predicted octanol–water partition coefficient (Wildman–Crippen LogP) is 3.93. The lowest BCUT2D eigenvalue weighted by Crippen LogP contribution is -2.53. The third kappa shape index (κ3) is 3.41. The Labute approximate surface area is 191 Å². The molecule has 8 nitrogen and oxygen atoms in total. The summed E-state index contributed by atoms with van der Waals surface area (Å²) in [6.45, 7) is 5.29. The number of benzene rings is 1. The molecule has 1 N–H and O–H groups in total. The topological polar surface area (TPSA) is 108 Å². The number of halogens is 1. The fourth-order valence-electron chi connectivity index (χ4n) is 4.50. The molecule has 3 atom stereocenters. The number of ether oxygens (including phenoxy) is 4. The lowest BCUT2D eigenvalue weighted by Gasteiger charge is -2.39. The zero-order chi connectivity index (χ0) is 24.0. The maximum absolute atomic E-state index is 13.7. The highest BCUT2D eigenvalue weighted by Crippen LogP contribution is 2.55. The molecular weight excluding hydrogens is 440 g/mol. The van der Waals surface area contributed by atoms with E-state index in [0.717, 1.165) is 0 Å². The van der Waals surface area contributed by atoms with Crippen molar-refractivity contribution in [2.45, 2.75) is 39.2 Å². The van der Waals surface area contributed by atoms with Crippen LogP contribution in [-0.4, -0.2) is 49.6 Å². The second kappa shape index (κ2) is 8.65. The van der Waals surface area contributed by atoms with Crippen molar-refractivity contribution in [1.82, 2.24) is 0 Å². The van der Waals surface area contributed by atoms with Crippen molar-refractivity contribution in [3.63, 3.8) is 0 Å². The summed E-state index contributed by atoms with van der Waals surface area (Å²) in [4.78, 5) is 38.8. The molecule has 32 heavy (non-hydrogen) atoms. The molecule has 1 aromatic carbocycles. The first-order chi connectivity index (χ1) is 15.0. The second-order valence-electron chi connectivity index (χ2n) is 8.39. The third-order valence-corrected chi connectivity index (χ3v) is 6.66. The molecular formula is C23H27ClO8. The molecule has 0 radical (unpaired) electrons. The van der Waals surface area contributed by atoms with Crippen molar-refractivity contribution in [2.24, 2.45) is 17.8 Å². The van der Waals surface area contributed by atoms with Gasteiger partial charge in [0.05, 0.1) is 27.8 Å². The molecule has 0 saturated heterocycles. The van der Waals surface area contributed by atoms with Crippen LogP contribution in [0.2, 0.25) is 5.02 Å². The molecule has 0 amide bonds. The number of hydrogen-bond acceptors (Lipinski definition) is 8. The van der Waals surface area contributed by atoms with Crippen LogP contribution in [0.3, 0.4) is 0 Å². The van der Waals surface area contributed by atoms with E-state index in [4.69, 9.17) is 30.5 Å². The summed E-state index contributed by atoms with van der Waals surface area (Å²) < 4.78 is 21.5. The van der Waals surface area contributed by atoms with Crippen molar-refractivity contribution in [3.8, 4) is 17.2 Å². The molecule has 1 aliphatic carbocycles. The maximum Gasteiger partial charge on any atom is 0.306 e. The zero-order valence-electron chi connectivity index (χ0n) is 18.9. The fourth-order valence-corrected chi connectivity index (χ4v) is 4.76. The van der Waals surface area contributed by atoms with Gasteiger partial charge in [0.25, 0.3) is 0 Å². The first-order valence-electron chi connectivity index (χ1n) is 10.3. The van der Waals surface area contributed by atoms with Crippen LogP contribution in [0.15, 0.2) is 17.4 Å². The normalized spacial score (nSPS) is 23.3. The van der Waals surface area contributed by atoms with Gasteiger partial charge in [0, 0.05) is 29.9 Å². The van der Waals surface area contributed by atoms with E-state index < -0.39 is 34.9 Å². The van der Waals surface area contributed by atoms with Crippen LogP contribution in [0, 0.1) is 17.8 Å². The smallest absolute Gasteiger partial charge is 0.306 e. The number of allylic oxidation sites excluding steroid dienone is 1. The summed E-state index contributed by atoms with van der Waals surface area (Å²) in [5.41, 5.74) is -1.79. The van der Waals surface area contributed by atoms with Crippen LogP contribution in [0.1, 0.15) is 44.0 Å². The van der Waals surface area contributed by atoms with Crippen molar-refractivity contribution in [1.29, 1.82) is 0 Å². The lowest BCUT2D eigenvalue weighted by molar-refractivity contribution is -0.141. The largest absolute Gasteiger partial charge is 0.507 e. The Morgan fingerprint density at radius 3 is 2.41 bits per heavy atom. The lowest BCUT2D eigenvalue weighted by atomic mass is 9.68. The zero-order valence-corrected chi connectivity index (χ0v) is 19.7. The summed E-state index contributed by atoms with van der Waals surface area (Å²) in [5.74, 6) is -3.05. The summed E-state index contributed by atoms with van der Waals surface area (Å²) in [5, 5.41) is 11.5. The Morgan fingerprint density at radius 1 is 1.25 bits per heavy atom. The number of ketones is 2. The number of aliphatic hydroxyl groups excluding tert-OH is 1. The van der Waals surface area contributed by atoms with E-state index in [2.05, 4.69) is 0 Å². The van der Waals surface area contributed by atoms with Gasteiger partial charge in [0.15, 0.2) is 17.3 Å². The fraction of sp³-hybridized carbons (Fsp3) is 0.522. The minimum absolute atomic E-state index is 0.00621. The number of carbonyl (C=O) groups excluding carboxylic acids is 3. The number of aliphatic hydroxyl groups is 1. The molecule has 0 bridgehead atoms. The average Bonchev–Trinajstić information content (AvgIpc) is 3.07. The average molecular weight is 467 g/mol. The third-order valence-electron chi connectivity index (χ3n) is 6.30. The number of Topliss-reactive ketones (excluding diaryl/α,β-unsaturated/α-hetero) is 2. The summed E-state index contributed by atoms with van der Waals surface area (Å²) in [7, 11) is 4.06. The van der Waals surface area contributed by atoms with Crippen LogP contribution in [-0.2, 0) is 14.3 Å². The minimum atomic E-state index is -1.86. The van der Waals surface area contributed by atoms with E-state index in [-0.39, 0.29) is 58.0 Å². The van der Waals surface area contributed by atoms with Crippen LogP contribution in [0.5, 0.6) is 17.2 Å². The van der Waals surface area contributed by atoms with Gasteiger partial charge >= 0.3 is 5.97 Å². The quantitative estimate of drug-likeness (QED) is 0.628. The standard InChI is InChI=1S/C23H27ClO8/c1-10(2)12(8-16(26)31-6)17-13(25)7-11(3)23(21(17)27)22(28)18-14(29-4)9-15(30-5)19(24)20(18)32-23/h9-12,27H,7-8H2,1-6H3/t11-,12?,23+/m1/s1. The van der Waals surface area contributed by atoms with Crippen molar-refractivity contribution >= 4 is 29.1 Å². The number of fused-ring (bicyclic) bond motifs is 1. The molecule has 1 unspecified atom stereocenters. The first kappa shape index (κ1) is 23.9. The molecule has 1 aromatic rings. The minimum Gasteiger partial charge on any atom is -0.507 e. The molecule has 9 heteroatoms. The molecule has 0 fully saturated rings. The predicted molar refractivity (Wildman–Crippen MR) is 116 cm³/mol. The Morgan fingerprint density at radius 2 is 1.88 bits per heavy atom. The van der Waals surface area contributed by atoms with Gasteiger partial charge in [-0.25, -0.2) is 0 Å². The Kier molecular flexibility index (Phi) is 6.47. The number of esters is 1. The SMILES string of the molecule is COC(=O)CC(C1=C(O)[C@@]2(Oc3c(Cl)c(OC)cc(OC)c3C2=O)[C@H](C)CC1=O)C(C)C. The monoisotopic (exact) mass is 466 g/mol. The first-order valence-corrected chi connectivity index (χ1v) is 10.6. The Balaban J connectivity index is 2.25. The van der Waals surface area contributed by atoms with Crippen molar-refractivity contribution in [2.75, 3.05) is 21.3 Å². The highest BCUT2D eigenvalue weighted by atomic mass is 35.5. The maximum atomic E-state index is 13.7. The number of methoxy groups -OCH3 is 3. The molecule has 1 aliphatic heterocycles. The van der Waals surface area contributed by atoms with Gasteiger partial charge in [-0.15, -0.1) is 0 Å². The molecule has 174 valence electrons. The molecule has 2 aliphatic rings. The molecule has 1 spiro atoms. The highest BCUT2D eigenvalue weighted by Gasteiger charge is 2.61. The van der Waals surface area contributed by atoms with Gasteiger partial charge in [-0.3, -0.25) is 14.4 Å². The number of hydrogen-bond donors (Lipinski definition) is 1. The van der Waals surface area contributed by atoms with Gasteiger partial charge in [0.1, 0.15) is 22.1 Å². The van der Waals surface area contributed by atoms with E-state index in [9.17, 15) is 19.5 Å². The summed E-state index contributed by atoms with van der Waals surface area (Å²) >= 11 is 6.43. The molecule has 3 rings (SSSR count). The summed E-state index contributed by atoms with van der Waals surface area (Å²) in [6.07, 6.45) is -0.177. The van der Waals surface area contributed by atoms with Gasteiger partial charge in [0.2, 0.25) is 11.4 Å². The molecule has 1 heterocycles. The van der Waals surface area contributed by atoms with Crippen molar-refractivity contribution in [3.05, 3.63) is 28.0 Å². The van der Waals surface area contributed by atoms with E-state index in [1.54, 1.807) is 6.92 Å². The van der Waals surface area contributed by atoms with E-state index >= 15 is 0 Å².